The van der Waals surface area contributed by atoms with Crippen LogP contribution in [0.2, 0.25) is 0 Å². The Hall–Kier alpha value is -1.71. The highest BCUT2D eigenvalue weighted by atomic mass is 16.5. The van der Waals surface area contributed by atoms with Gasteiger partial charge in [-0.05, 0) is 6.42 Å². The summed E-state index contributed by atoms with van der Waals surface area (Å²) in [5, 5.41) is 10.9. The smallest absolute Gasteiger partial charge is 0.243 e. The van der Waals surface area contributed by atoms with Gasteiger partial charge in [-0.3, -0.25) is 14.4 Å². The highest BCUT2D eigenvalue weighted by Crippen LogP contribution is 1.94. The molecule has 9 nitrogen and oxygen atoms in total. The second kappa shape index (κ2) is 13.9. The number of methoxy groups -OCH3 is 1. The van der Waals surface area contributed by atoms with Crippen molar-refractivity contribution in [2.75, 3.05) is 46.4 Å². The fourth-order valence-corrected chi connectivity index (χ4v) is 1.78. The van der Waals surface area contributed by atoms with Crippen molar-refractivity contribution in [2.24, 2.45) is 5.73 Å². The van der Waals surface area contributed by atoms with E-state index in [0.717, 1.165) is 0 Å². The van der Waals surface area contributed by atoms with E-state index in [0.29, 0.717) is 45.8 Å². The lowest BCUT2D eigenvalue weighted by molar-refractivity contribution is -0.131. The van der Waals surface area contributed by atoms with E-state index in [1.165, 1.54) is 6.92 Å². The van der Waals surface area contributed by atoms with Gasteiger partial charge in [0.05, 0.1) is 6.42 Å². The summed E-state index contributed by atoms with van der Waals surface area (Å²) in [5.41, 5.74) is 5.33. The first-order chi connectivity index (χ1) is 11.0. The summed E-state index contributed by atoms with van der Waals surface area (Å²) in [7, 11) is 1.58. The predicted octanol–water partition coefficient (Wildman–Crippen LogP) is -2.30. The van der Waals surface area contributed by atoms with Crippen molar-refractivity contribution >= 4 is 17.7 Å². The molecule has 134 valence electrons. The Morgan fingerprint density at radius 1 is 1.09 bits per heavy atom. The maximum atomic E-state index is 12.0. The molecule has 0 bridgehead atoms. The number of hydrogen-bond acceptors (Lipinski definition) is 6. The van der Waals surface area contributed by atoms with E-state index in [1.807, 2.05) is 0 Å². The molecule has 0 saturated carbocycles. The predicted molar refractivity (Wildman–Crippen MR) is 86.7 cm³/mol. The third-order valence-electron chi connectivity index (χ3n) is 2.85. The number of hydrogen-bond donors (Lipinski definition) is 5. The van der Waals surface area contributed by atoms with E-state index in [-0.39, 0.29) is 24.1 Å². The van der Waals surface area contributed by atoms with E-state index in [9.17, 15) is 14.4 Å². The first-order valence-corrected chi connectivity index (χ1v) is 7.72. The molecular weight excluding hydrogens is 302 g/mol. The standard InChI is InChI=1S/C14H29N5O4/c1-11(20)19-12(14(22)18-5-3-9-23-2)10-13(21)17-8-7-16-6-4-15/h12,16H,3-10,15H2,1-2H3,(H,17,21)(H,18,22)(H,19,20). The van der Waals surface area contributed by atoms with Gasteiger partial charge in [0.15, 0.2) is 0 Å². The number of nitrogens with two attached hydrogens (primary N) is 1. The Labute approximate surface area is 137 Å². The van der Waals surface area contributed by atoms with Crippen molar-refractivity contribution in [3.63, 3.8) is 0 Å². The Balaban J connectivity index is 4.18. The molecule has 3 amide bonds. The zero-order valence-corrected chi connectivity index (χ0v) is 13.9. The molecule has 0 rings (SSSR count). The molecule has 0 aliphatic rings. The number of rotatable bonds is 13. The maximum absolute atomic E-state index is 12.0. The van der Waals surface area contributed by atoms with Crippen LogP contribution in [-0.4, -0.2) is 70.2 Å². The van der Waals surface area contributed by atoms with Crippen molar-refractivity contribution < 1.29 is 19.1 Å². The number of carbonyl (C=O) groups is 3. The second-order valence-electron chi connectivity index (χ2n) is 4.98. The lowest BCUT2D eigenvalue weighted by atomic mass is 10.1. The van der Waals surface area contributed by atoms with E-state index in [4.69, 9.17) is 10.5 Å². The van der Waals surface area contributed by atoms with Crippen LogP contribution in [0.15, 0.2) is 0 Å². The summed E-state index contributed by atoms with van der Waals surface area (Å²) in [6.07, 6.45) is 0.556. The van der Waals surface area contributed by atoms with Crippen LogP contribution in [0.5, 0.6) is 0 Å². The van der Waals surface area contributed by atoms with Crippen LogP contribution in [0.3, 0.4) is 0 Å². The molecule has 0 heterocycles. The van der Waals surface area contributed by atoms with Gasteiger partial charge in [-0.15, -0.1) is 0 Å². The van der Waals surface area contributed by atoms with Crippen LogP contribution in [0, 0.1) is 0 Å². The molecular formula is C14H29N5O4. The zero-order valence-electron chi connectivity index (χ0n) is 13.9. The number of carbonyl (C=O) groups excluding carboxylic acids is 3. The fourth-order valence-electron chi connectivity index (χ4n) is 1.78. The molecule has 0 aromatic rings. The van der Waals surface area contributed by atoms with Crippen LogP contribution < -0.4 is 27.0 Å². The minimum absolute atomic E-state index is 0.105. The molecule has 0 aliphatic heterocycles. The Bertz CT molecular complexity index is 365. The average molecular weight is 331 g/mol. The molecule has 0 fully saturated rings. The fraction of sp³-hybridized carbons (Fsp3) is 0.786. The summed E-state index contributed by atoms with van der Waals surface area (Å²) in [6.45, 7) is 4.49. The molecule has 0 aromatic carbocycles. The minimum Gasteiger partial charge on any atom is -0.385 e. The summed E-state index contributed by atoms with van der Waals surface area (Å²) in [4.78, 5) is 35.0. The lowest BCUT2D eigenvalue weighted by Crippen LogP contribution is -2.49. The largest absolute Gasteiger partial charge is 0.385 e. The van der Waals surface area contributed by atoms with E-state index < -0.39 is 6.04 Å². The summed E-state index contributed by atoms with van der Waals surface area (Å²) < 4.78 is 4.89. The third kappa shape index (κ3) is 12.5. The normalized spacial score (nSPS) is 11.6. The van der Waals surface area contributed by atoms with Crippen LogP contribution in [0.1, 0.15) is 19.8 Å². The summed E-state index contributed by atoms with van der Waals surface area (Å²) in [6, 6.07) is -0.882. The van der Waals surface area contributed by atoms with Crippen molar-refractivity contribution in [1.29, 1.82) is 0 Å². The van der Waals surface area contributed by atoms with E-state index >= 15 is 0 Å². The quantitative estimate of drug-likeness (QED) is 0.241. The molecule has 0 saturated heterocycles. The highest BCUT2D eigenvalue weighted by molar-refractivity contribution is 5.91. The Kier molecular flexibility index (Phi) is 12.9. The van der Waals surface area contributed by atoms with E-state index in [2.05, 4.69) is 21.3 Å². The number of amides is 3. The molecule has 0 aromatic heterocycles. The minimum atomic E-state index is -0.882. The summed E-state index contributed by atoms with van der Waals surface area (Å²) >= 11 is 0. The SMILES string of the molecule is COCCCNC(=O)C(CC(=O)NCCNCCN)NC(C)=O. The molecule has 9 heteroatoms. The molecule has 23 heavy (non-hydrogen) atoms. The van der Waals surface area contributed by atoms with Gasteiger partial charge >= 0.3 is 0 Å². The van der Waals surface area contributed by atoms with Gasteiger partial charge < -0.3 is 31.7 Å². The van der Waals surface area contributed by atoms with Crippen LogP contribution in [0.25, 0.3) is 0 Å². The molecule has 1 atom stereocenters. The molecule has 0 aliphatic carbocycles. The van der Waals surface area contributed by atoms with Crippen LogP contribution in [0.4, 0.5) is 0 Å². The highest BCUT2D eigenvalue weighted by Gasteiger charge is 2.22. The molecule has 0 spiro atoms. The van der Waals surface area contributed by atoms with Crippen LogP contribution in [-0.2, 0) is 19.1 Å². The second-order valence-corrected chi connectivity index (χ2v) is 4.98. The van der Waals surface area contributed by atoms with Crippen molar-refractivity contribution in [3.8, 4) is 0 Å². The molecule has 6 N–H and O–H groups in total. The third-order valence-corrected chi connectivity index (χ3v) is 2.85. The van der Waals surface area contributed by atoms with Crippen molar-refractivity contribution in [1.82, 2.24) is 21.3 Å². The maximum Gasteiger partial charge on any atom is 0.243 e. The van der Waals surface area contributed by atoms with Gasteiger partial charge in [-0.1, -0.05) is 0 Å². The van der Waals surface area contributed by atoms with E-state index in [1.54, 1.807) is 7.11 Å². The first-order valence-electron chi connectivity index (χ1n) is 7.72. The van der Waals surface area contributed by atoms with Crippen molar-refractivity contribution in [2.45, 2.75) is 25.8 Å². The van der Waals surface area contributed by atoms with Gasteiger partial charge in [0.2, 0.25) is 17.7 Å². The Morgan fingerprint density at radius 3 is 2.43 bits per heavy atom. The van der Waals surface area contributed by atoms with Gasteiger partial charge in [0, 0.05) is 53.4 Å². The zero-order chi connectivity index (χ0) is 17.5. The Morgan fingerprint density at radius 2 is 1.83 bits per heavy atom. The topological polar surface area (TPSA) is 135 Å². The molecule has 1 unspecified atom stereocenters. The summed E-state index contributed by atoms with van der Waals surface area (Å²) in [5.74, 6) is -1.04. The monoisotopic (exact) mass is 331 g/mol. The average Bonchev–Trinajstić information content (AvgIpc) is 2.50. The molecule has 0 radical (unpaired) electrons. The first kappa shape index (κ1) is 21.3. The van der Waals surface area contributed by atoms with Gasteiger partial charge in [-0.25, -0.2) is 0 Å². The number of nitrogens with one attached hydrogen (secondary N) is 4. The van der Waals surface area contributed by atoms with Crippen LogP contribution >= 0.6 is 0 Å². The van der Waals surface area contributed by atoms with Gasteiger partial charge in [-0.2, -0.15) is 0 Å². The number of ether oxygens (including phenoxy) is 1. The van der Waals surface area contributed by atoms with Gasteiger partial charge in [0.1, 0.15) is 6.04 Å². The van der Waals surface area contributed by atoms with Gasteiger partial charge in [0.25, 0.3) is 0 Å². The van der Waals surface area contributed by atoms with Crippen molar-refractivity contribution in [3.05, 3.63) is 0 Å². The lowest BCUT2D eigenvalue weighted by Gasteiger charge is -2.17.